The fourth-order valence-corrected chi connectivity index (χ4v) is 2.16. The summed E-state index contributed by atoms with van der Waals surface area (Å²) < 4.78 is 0. The zero-order valence-electron chi connectivity index (χ0n) is 9.36. The molecule has 16 heavy (non-hydrogen) atoms. The Morgan fingerprint density at radius 2 is 2.06 bits per heavy atom. The molecule has 1 aliphatic carbocycles. The minimum Gasteiger partial charge on any atom is -0.504 e. The molecule has 0 saturated heterocycles. The smallest absolute Gasteiger partial charge is 0.161 e. The van der Waals surface area contributed by atoms with Crippen LogP contribution in [-0.2, 0) is 12.8 Å². The Balaban J connectivity index is 0.00000128. The number of phenols is 2. The van der Waals surface area contributed by atoms with Gasteiger partial charge in [0.05, 0.1) is 0 Å². The zero-order valence-corrected chi connectivity index (χ0v) is 11.1. The molecule has 1 aliphatic rings. The van der Waals surface area contributed by atoms with Crippen molar-refractivity contribution in [2.75, 3.05) is 6.54 Å². The van der Waals surface area contributed by atoms with Crippen molar-refractivity contribution in [1.82, 2.24) is 5.32 Å². The molecular formula is C12H18BrNO2. The van der Waals surface area contributed by atoms with E-state index >= 15 is 0 Å². The Kier molecular flexibility index (Phi) is 4.62. The highest BCUT2D eigenvalue weighted by molar-refractivity contribution is 8.93. The van der Waals surface area contributed by atoms with E-state index in [1.807, 2.05) is 6.07 Å². The van der Waals surface area contributed by atoms with E-state index in [0.29, 0.717) is 6.04 Å². The molecule has 0 heterocycles. The van der Waals surface area contributed by atoms with Crippen molar-refractivity contribution in [3.8, 4) is 11.5 Å². The monoisotopic (exact) mass is 287 g/mol. The Bertz CT molecular complexity index is 368. The number of phenolic OH excluding ortho intramolecular Hbond substituents is 2. The molecule has 0 fully saturated rings. The van der Waals surface area contributed by atoms with Crippen LogP contribution in [0.4, 0.5) is 0 Å². The summed E-state index contributed by atoms with van der Waals surface area (Å²) in [6.07, 6.45) is 2.88. The van der Waals surface area contributed by atoms with Crippen molar-refractivity contribution in [2.24, 2.45) is 0 Å². The lowest BCUT2D eigenvalue weighted by Gasteiger charge is -2.09. The van der Waals surface area contributed by atoms with Gasteiger partial charge in [0.1, 0.15) is 0 Å². The summed E-state index contributed by atoms with van der Waals surface area (Å²) >= 11 is 0. The lowest BCUT2D eigenvalue weighted by atomic mass is 10.1. The SMILES string of the molecule is Br.CCCNC1Cc2ccc(O)c(O)c2C1. The molecule has 0 aliphatic heterocycles. The van der Waals surface area contributed by atoms with Gasteiger partial charge in [0.15, 0.2) is 11.5 Å². The number of halogens is 1. The van der Waals surface area contributed by atoms with Gasteiger partial charge in [0.25, 0.3) is 0 Å². The Morgan fingerprint density at radius 3 is 2.75 bits per heavy atom. The van der Waals surface area contributed by atoms with E-state index in [2.05, 4.69) is 12.2 Å². The third-order valence-electron chi connectivity index (χ3n) is 2.96. The minimum absolute atomic E-state index is 0. The van der Waals surface area contributed by atoms with Gasteiger partial charge >= 0.3 is 0 Å². The predicted octanol–water partition coefficient (Wildman–Crippen LogP) is 2.14. The Morgan fingerprint density at radius 1 is 1.31 bits per heavy atom. The molecule has 2 rings (SSSR count). The summed E-state index contributed by atoms with van der Waals surface area (Å²) in [5.74, 6) is 0.0539. The number of benzene rings is 1. The summed E-state index contributed by atoms with van der Waals surface area (Å²) in [4.78, 5) is 0. The van der Waals surface area contributed by atoms with E-state index in [4.69, 9.17) is 0 Å². The molecule has 1 aromatic carbocycles. The van der Waals surface area contributed by atoms with E-state index < -0.39 is 0 Å². The molecule has 3 N–H and O–H groups in total. The summed E-state index contributed by atoms with van der Waals surface area (Å²) in [6.45, 7) is 3.14. The van der Waals surface area contributed by atoms with Crippen LogP contribution in [-0.4, -0.2) is 22.8 Å². The van der Waals surface area contributed by atoms with Gasteiger partial charge in [0.2, 0.25) is 0 Å². The van der Waals surface area contributed by atoms with Crippen molar-refractivity contribution in [3.63, 3.8) is 0 Å². The molecule has 0 amide bonds. The second kappa shape index (κ2) is 5.55. The van der Waals surface area contributed by atoms with Crippen LogP contribution < -0.4 is 5.32 Å². The van der Waals surface area contributed by atoms with E-state index in [1.165, 1.54) is 0 Å². The van der Waals surface area contributed by atoms with Gasteiger partial charge in [-0.05, 0) is 37.4 Å². The molecular weight excluding hydrogens is 270 g/mol. The van der Waals surface area contributed by atoms with Gasteiger partial charge < -0.3 is 15.5 Å². The highest BCUT2D eigenvalue weighted by Gasteiger charge is 2.24. The van der Waals surface area contributed by atoms with Crippen molar-refractivity contribution < 1.29 is 10.2 Å². The van der Waals surface area contributed by atoms with Crippen molar-refractivity contribution in [2.45, 2.75) is 32.2 Å². The Labute approximate surface area is 106 Å². The molecule has 1 aromatic rings. The van der Waals surface area contributed by atoms with Gasteiger partial charge in [-0.2, -0.15) is 0 Å². The third kappa shape index (κ3) is 2.50. The Hall–Kier alpha value is -0.740. The predicted molar refractivity (Wildman–Crippen MR) is 69.6 cm³/mol. The molecule has 0 bridgehead atoms. The topological polar surface area (TPSA) is 52.5 Å². The van der Waals surface area contributed by atoms with Crippen molar-refractivity contribution in [3.05, 3.63) is 23.3 Å². The molecule has 4 heteroatoms. The van der Waals surface area contributed by atoms with E-state index in [-0.39, 0.29) is 28.5 Å². The first-order valence-corrected chi connectivity index (χ1v) is 5.48. The first-order valence-electron chi connectivity index (χ1n) is 5.48. The van der Waals surface area contributed by atoms with Crippen molar-refractivity contribution >= 4 is 17.0 Å². The second-order valence-electron chi connectivity index (χ2n) is 4.13. The van der Waals surface area contributed by atoms with Crippen molar-refractivity contribution in [1.29, 1.82) is 0 Å². The molecule has 0 aromatic heterocycles. The zero-order chi connectivity index (χ0) is 10.8. The number of nitrogens with one attached hydrogen (secondary N) is 1. The normalized spacial score (nSPS) is 17.9. The van der Waals surface area contributed by atoms with Gasteiger partial charge in [-0.1, -0.05) is 13.0 Å². The van der Waals surface area contributed by atoms with Crippen LogP contribution in [0.2, 0.25) is 0 Å². The highest BCUT2D eigenvalue weighted by atomic mass is 79.9. The van der Waals surface area contributed by atoms with Gasteiger partial charge in [-0.15, -0.1) is 17.0 Å². The average molecular weight is 288 g/mol. The third-order valence-corrected chi connectivity index (χ3v) is 2.96. The maximum Gasteiger partial charge on any atom is 0.161 e. The summed E-state index contributed by atoms with van der Waals surface area (Å²) in [6, 6.07) is 3.88. The lowest BCUT2D eigenvalue weighted by molar-refractivity contribution is 0.399. The summed E-state index contributed by atoms with van der Waals surface area (Å²) in [5.41, 5.74) is 2.06. The standard InChI is InChI=1S/C12H17NO2.BrH/c1-2-5-13-9-6-8-3-4-11(14)12(15)10(8)7-9;/h3-4,9,13-15H,2,5-7H2,1H3;1H. The molecule has 0 saturated carbocycles. The second-order valence-corrected chi connectivity index (χ2v) is 4.13. The number of aromatic hydroxyl groups is 2. The maximum absolute atomic E-state index is 9.68. The number of hydrogen-bond acceptors (Lipinski definition) is 3. The molecule has 0 radical (unpaired) electrons. The number of hydrogen-bond donors (Lipinski definition) is 3. The van der Waals surface area contributed by atoms with E-state index in [0.717, 1.165) is 36.9 Å². The van der Waals surface area contributed by atoms with Crippen LogP contribution >= 0.6 is 17.0 Å². The van der Waals surface area contributed by atoms with Crippen LogP contribution in [0.5, 0.6) is 11.5 Å². The first kappa shape index (κ1) is 13.3. The van der Waals surface area contributed by atoms with Crippen LogP contribution in [0, 0.1) is 0 Å². The average Bonchev–Trinajstić information content (AvgIpc) is 2.64. The van der Waals surface area contributed by atoms with Crippen LogP contribution in [0.1, 0.15) is 24.5 Å². The highest BCUT2D eigenvalue weighted by Crippen LogP contribution is 2.36. The minimum atomic E-state index is -0.00936. The largest absolute Gasteiger partial charge is 0.504 e. The first-order chi connectivity index (χ1) is 7.22. The molecule has 1 atom stereocenters. The van der Waals surface area contributed by atoms with Crippen LogP contribution in [0.25, 0.3) is 0 Å². The quantitative estimate of drug-likeness (QED) is 0.747. The van der Waals surface area contributed by atoms with E-state index in [1.54, 1.807) is 6.07 Å². The molecule has 1 unspecified atom stereocenters. The fourth-order valence-electron chi connectivity index (χ4n) is 2.16. The number of rotatable bonds is 3. The molecule has 3 nitrogen and oxygen atoms in total. The fraction of sp³-hybridized carbons (Fsp3) is 0.500. The van der Waals surface area contributed by atoms with E-state index in [9.17, 15) is 10.2 Å². The van der Waals surface area contributed by atoms with Gasteiger partial charge in [-0.3, -0.25) is 0 Å². The van der Waals surface area contributed by atoms with Crippen LogP contribution in [0.3, 0.4) is 0 Å². The van der Waals surface area contributed by atoms with Gasteiger partial charge in [0, 0.05) is 11.6 Å². The van der Waals surface area contributed by atoms with Gasteiger partial charge in [-0.25, -0.2) is 0 Å². The summed E-state index contributed by atoms with van der Waals surface area (Å²) in [7, 11) is 0. The summed E-state index contributed by atoms with van der Waals surface area (Å²) in [5, 5.41) is 22.5. The lowest BCUT2D eigenvalue weighted by Crippen LogP contribution is -2.29. The number of fused-ring (bicyclic) bond motifs is 1. The molecule has 90 valence electrons. The van der Waals surface area contributed by atoms with Crippen LogP contribution in [0.15, 0.2) is 12.1 Å². The maximum atomic E-state index is 9.68. The molecule has 0 spiro atoms.